The number of piperidine rings is 2. The van der Waals surface area contributed by atoms with E-state index in [1.165, 1.54) is 64.4 Å². The second-order valence-electron chi connectivity index (χ2n) is 9.81. The first-order chi connectivity index (χ1) is 17.3. The number of halogens is 3. The zero-order chi connectivity index (χ0) is 25.5. The van der Waals surface area contributed by atoms with E-state index in [2.05, 4.69) is 15.1 Å². The summed E-state index contributed by atoms with van der Waals surface area (Å²) in [6.07, 6.45) is 3.34. The topological polar surface area (TPSA) is 44.8 Å². The monoisotopic (exact) mass is 503 g/mol. The maximum Gasteiger partial charge on any atom is 0.416 e. The van der Waals surface area contributed by atoms with Gasteiger partial charge in [0.2, 0.25) is 5.91 Å². The summed E-state index contributed by atoms with van der Waals surface area (Å²) < 4.78 is 44.0. The van der Waals surface area contributed by atoms with Crippen LogP contribution in [-0.4, -0.2) is 61.6 Å². The molecule has 2 saturated heterocycles. The molecule has 0 spiro atoms. The van der Waals surface area contributed by atoms with Crippen LogP contribution in [0.1, 0.15) is 50.5 Å². The number of rotatable bonds is 8. The number of carbonyl (C=O) groups is 1. The molecule has 8 heteroatoms. The van der Waals surface area contributed by atoms with Gasteiger partial charge in [-0.3, -0.25) is 4.79 Å². The van der Waals surface area contributed by atoms with Gasteiger partial charge in [-0.05, 0) is 94.7 Å². The largest absolute Gasteiger partial charge is 0.496 e. The summed E-state index contributed by atoms with van der Waals surface area (Å²) in [5.74, 6) is 0.437. The van der Waals surface area contributed by atoms with E-state index in [-0.39, 0.29) is 5.91 Å². The van der Waals surface area contributed by atoms with E-state index in [9.17, 15) is 18.0 Å². The first-order valence-corrected chi connectivity index (χ1v) is 13.0. The number of hydrogen-bond acceptors (Lipinski definition) is 4. The van der Waals surface area contributed by atoms with Gasteiger partial charge in [-0.15, -0.1) is 0 Å². The Morgan fingerprint density at radius 2 is 1.69 bits per heavy atom. The lowest BCUT2D eigenvalue weighted by molar-refractivity contribution is -0.137. The van der Waals surface area contributed by atoms with E-state index >= 15 is 0 Å². The van der Waals surface area contributed by atoms with Gasteiger partial charge in [-0.1, -0.05) is 18.6 Å². The van der Waals surface area contributed by atoms with Crippen LogP contribution < -0.4 is 10.1 Å². The van der Waals surface area contributed by atoms with Gasteiger partial charge in [0.25, 0.3) is 0 Å². The van der Waals surface area contributed by atoms with Gasteiger partial charge in [-0.2, -0.15) is 13.2 Å². The van der Waals surface area contributed by atoms with Crippen molar-refractivity contribution >= 4 is 11.6 Å². The molecule has 2 aliphatic rings. The van der Waals surface area contributed by atoms with E-state index in [0.717, 1.165) is 44.2 Å². The van der Waals surface area contributed by atoms with Crippen molar-refractivity contribution in [3.05, 3.63) is 48.0 Å². The maximum atomic E-state index is 12.9. The van der Waals surface area contributed by atoms with Crippen molar-refractivity contribution in [3.8, 4) is 16.9 Å². The number of carbonyl (C=O) groups excluding carboxylic acids is 1. The highest BCUT2D eigenvalue weighted by Gasteiger charge is 2.30. The molecule has 0 atom stereocenters. The minimum atomic E-state index is -4.37. The molecule has 0 aromatic heterocycles. The summed E-state index contributed by atoms with van der Waals surface area (Å²) in [6.45, 7) is 5.63. The molecule has 0 unspecified atom stereocenters. The number of methoxy groups -OCH3 is 1. The summed E-state index contributed by atoms with van der Waals surface area (Å²) in [5.41, 5.74) is 1.19. The van der Waals surface area contributed by atoms with Crippen molar-refractivity contribution in [2.45, 2.75) is 57.2 Å². The van der Waals surface area contributed by atoms with Gasteiger partial charge in [0.15, 0.2) is 0 Å². The fourth-order valence-corrected chi connectivity index (χ4v) is 5.32. The van der Waals surface area contributed by atoms with E-state index in [1.807, 2.05) is 0 Å². The third-order valence-electron chi connectivity index (χ3n) is 7.35. The van der Waals surface area contributed by atoms with Crippen molar-refractivity contribution in [1.29, 1.82) is 0 Å². The predicted molar refractivity (Wildman–Crippen MR) is 136 cm³/mol. The number of benzene rings is 2. The fraction of sp³-hybridized carbons (Fsp3) is 0.536. The number of likely N-dealkylation sites (tertiary alicyclic amines) is 2. The SMILES string of the molecule is COc1cc(NC(=O)CCCN2CCC(N3CCCCC3)CC2)ccc1-c1ccc(C(F)(F)F)cc1. The van der Waals surface area contributed by atoms with Crippen LogP contribution in [-0.2, 0) is 11.0 Å². The lowest BCUT2D eigenvalue weighted by Gasteiger charge is -2.40. The van der Waals surface area contributed by atoms with Crippen LogP contribution in [0.15, 0.2) is 42.5 Å². The number of anilines is 1. The molecule has 0 radical (unpaired) electrons. The minimum Gasteiger partial charge on any atom is -0.496 e. The number of hydrogen-bond donors (Lipinski definition) is 1. The van der Waals surface area contributed by atoms with Crippen LogP contribution in [0.3, 0.4) is 0 Å². The molecular weight excluding hydrogens is 467 g/mol. The quantitative estimate of drug-likeness (QED) is 0.476. The van der Waals surface area contributed by atoms with Gasteiger partial charge in [0, 0.05) is 29.8 Å². The predicted octanol–water partition coefficient (Wildman–Crippen LogP) is 6.05. The van der Waals surface area contributed by atoms with Crippen LogP contribution in [0.5, 0.6) is 5.75 Å². The van der Waals surface area contributed by atoms with E-state index in [1.54, 1.807) is 18.2 Å². The lowest BCUT2D eigenvalue weighted by atomic mass is 10.00. The summed E-state index contributed by atoms with van der Waals surface area (Å²) >= 11 is 0. The van der Waals surface area contributed by atoms with Crippen molar-refractivity contribution in [3.63, 3.8) is 0 Å². The standard InChI is InChI=1S/C28H36F3N3O2/c1-36-26-20-23(11-12-25(26)21-7-9-22(10-8-21)28(29,30)31)32-27(35)6-5-15-33-18-13-24(14-19-33)34-16-3-2-4-17-34/h7-12,20,24H,2-6,13-19H2,1H3,(H,32,35). The van der Waals surface area contributed by atoms with Crippen molar-refractivity contribution in [1.82, 2.24) is 9.80 Å². The molecule has 5 nitrogen and oxygen atoms in total. The second-order valence-corrected chi connectivity index (χ2v) is 9.81. The van der Waals surface area contributed by atoms with Gasteiger partial charge < -0.3 is 19.9 Å². The Bertz CT molecular complexity index is 996. The molecule has 2 aliphatic heterocycles. The summed E-state index contributed by atoms with van der Waals surface area (Å²) in [7, 11) is 1.50. The zero-order valence-corrected chi connectivity index (χ0v) is 20.9. The molecular formula is C28H36F3N3O2. The average molecular weight is 504 g/mol. The lowest BCUT2D eigenvalue weighted by Crippen LogP contribution is -2.46. The molecule has 0 bridgehead atoms. The van der Waals surface area contributed by atoms with Crippen molar-refractivity contribution in [2.75, 3.05) is 45.2 Å². The van der Waals surface area contributed by atoms with Crippen LogP contribution in [0.4, 0.5) is 18.9 Å². The number of nitrogens with zero attached hydrogens (tertiary/aromatic N) is 2. The van der Waals surface area contributed by atoms with Crippen molar-refractivity contribution < 1.29 is 22.7 Å². The molecule has 0 saturated carbocycles. The highest BCUT2D eigenvalue weighted by Crippen LogP contribution is 2.35. The van der Waals surface area contributed by atoms with Gasteiger partial charge in [-0.25, -0.2) is 0 Å². The third-order valence-corrected chi connectivity index (χ3v) is 7.35. The summed E-state index contributed by atoms with van der Waals surface area (Å²) in [6, 6.07) is 10.9. The van der Waals surface area contributed by atoms with Crippen LogP contribution in [0.25, 0.3) is 11.1 Å². The molecule has 4 rings (SSSR count). The number of amides is 1. The van der Waals surface area contributed by atoms with Gasteiger partial charge in [0.1, 0.15) is 5.75 Å². The Morgan fingerprint density at radius 1 is 1.00 bits per heavy atom. The first kappa shape index (κ1) is 26.5. The number of nitrogens with one attached hydrogen (secondary N) is 1. The third kappa shape index (κ3) is 7.01. The normalized spacial score (nSPS) is 18.2. The molecule has 2 fully saturated rings. The molecule has 2 aromatic carbocycles. The molecule has 1 amide bonds. The zero-order valence-electron chi connectivity index (χ0n) is 20.9. The first-order valence-electron chi connectivity index (χ1n) is 13.0. The van der Waals surface area contributed by atoms with E-state index in [0.29, 0.717) is 29.0 Å². The highest BCUT2D eigenvalue weighted by molar-refractivity contribution is 5.91. The van der Waals surface area contributed by atoms with Crippen molar-refractivity contribution in [2.24, 2.45) is 0 Å². The number of alkyl halides is 3. The molecule has 2 aromatic rings. The Hall–Kier alpha value is -2.58. The molecule has 2 heterocycles. The fourth-order valence-electron chi connectivity index (χ4n) is 5.32. The Morgan fingerprint density at radius 3 is 2.33 bits per heavy atom. The molecule has 0 aliphatic carbocycles. The summed E-state index contributed by atoms with van der Waals surface area (Å²) in [4.78, 5) is 17.7. The van der Waals surface area contributed by atoms with E-state index < -0.39 is 11.7 Å². The molecule has 196 valence electrons. The average Bonchev–Trinajstić information content (AvgIpc) is 2.89. The Labute approximate surface area is 211 Å². The smallest absolute Gasteiger partial charge is 0.416 e. The maximum absolute atomic E-state index is 12.9. The summed E-state index contributed by atoms with van der Waals surface area (Å²) in [5, 5.41) is 2.92. The number of ether oxygens (including phenoxy) is 1. The van der Waals surface area contributed by atoms with Crippen LogP contribution in [0.2, 0.25) is 0 Å². The van der Waals surface area contributed by atoms with Gasteiger partial charge in [0.05, 0.1) is 12.7 Å². The highest BCUT2D eigenvalue weighted by atomic mass is 19.4. The second kappa shape index (κ2) is 12.1. The Kier molecular flexibility index (Phi) is 8.90. The van der Waals surface area contributed by atoms with Gasteiger partial charge >= 0.3 is 6.18 Å². The molecule has 1 N–H and O–H groups in total. The minimum absolute atomic E-state index is 0.0532. The Balaban J connectivity index is 1.23. The molecule has 36 heavy (non-hydrogen) atoms. The van der Waals surface area contributed by atoms with Crippen LogP contribution >= 0.6 is 0 Å². The van der Waals surface area contributed by atoms with Crippen LogP contribution in [0, 0.1) is 0 Å². The van der Waals surface area contributed by atoms with E-state index in [4.69, 9.17) is 4.74 Å².